The SMILES string of the molecule is O=C(NCc1ccccc1)C(CCO)NCc1ccc(Cl)cc1. The molecule has 2 aromatic carbocycles. The van der Waals surface area contributed by atoms with Gasteiger partial charge in [-0.05, 0) is 29.7 Å². The van der Waals surface area contributed by atoms with E-state index in [0.717, 1.165) is 11.1 Å². The van der Waals surface area contributed by atoms with Crippen LogP contribution in [0.15, 0.2) is 54.6 Å². The maximum atomic E-state index is 12.3. The van der Waals surface area contributed by atoms with Gasteiger partial charge in [-0.15, -0.1) is 0 Å². The molecule has 0 saturated carbocycles. The molecule has 1 amide bonds. The van der Waals surface area contributed by atoms with Crippen LogP contribution < -0.4 is 10.6 Å². The highest BCUT2D eigenvalue weighted by Crippen LogP contribution is 2.09. The average molecular weight is 333 g/mol. The Morgan fingerprint density at radius 2 is 1.65 bits per heavy atom. The van der Waals surface area contributed by atoms with Gasteiger partial charge in [0.05, 0.1) is 6.04 Å². The molecule has 0 bridgehead atoms. The Balaban J connectivity index is 1.86. The van der Waals surface area contributed by atoms with Gasteiger partial charge < -0.3 is 15.7 Å². The first-order chi connectivity index (χ1) is 11.2. The largest absolute Gasteiger partial charge is 0.396 e. The Hall–Kier alpha value is -1.88. The lowest BCUT2D eigenvalue weighted by atomic mass is 10.1. The maximum absolute atomic E-state index is 12.3. The molecule has 1 unspecified atom stereocenters. The number of carbonyl (C=O) groups is 1. The highest BCUT2D eigenvalue weighted by atomic mass is 35.5. The van der Waals surface area contributed by atoms with E-state index in [2.05, 4.69) is 10.6 Å². The van der Waals surface area contributed by atoms with E-state index in [1.165, 1.54) is 0 Å². The quantitative estimate of drug-likeness (QED) is 0.696. The van der Waals surface area contributed by atoms with E-state index in [1.807, 2.05) is 54.6 Å². The van der Waals surface area contributed by atoms with Gasteiger partial charge in [0.2, 0.25) is 5.91 Å². The van der Waals surface area contributed by atoms with E-state index in [9.17, 15) is 4.79 Å². The van der Waals surface area contributed by atoms with Crippen LogP contribution in [0.3, 0.4) is 0 Å². The van der Waals surface area contributed by atoms with E-state index in [4.69, 9.17) is 16.7 Å². The number of amides is 1. The van der Waals surface area contributed by atoms with Crippen molar-refractivity contribution in [1.82, 2.24) is 10.6 Å². The number of hydrogen-bond donors (Lipinski definition) is 3. The summed E-state index contributed by atoms with van der Waals surface area (Å²) < 4.78 is 0. The summed E-state index contributed by atoms with van der Waals surface area (Å²) in [5.74, 6) is -0.114. The summed E-state index contributed by atoms with van der Waals surface area (Å²) in [6.07, 6.45) is 0.369. The van der Waals surface area contributed by atoms with Crippen molar-refractivity contribution < 1.29 is 9.90 Å². The van der Waals surface area contributed by atoms with Crippen molar-refractivity contribution in [3.8, 4) is 0 Å². The normalized spacial score (nSPS) is 11.9. The lowest BCUT2D eigenvalue weighted by Crippen LogP contribution is -2.44. The summed E-state index contributed by atoms with van der Waals surface area (Å²) in [5.41, 5.74) is 2.08. The van der Waals surface area contributed by atoms with Crippen molar-refractivity contribution in [3.05, 3.63) is 70.7 Å². The third kappa shape index (κ3) is 6.02. The summed E-state index contributed by atoms with van der Waals surface area (Å²) in [6, 6.07) is 16.7. The first-order valence-corrected chi connectivity index (χ1v) is 7.97. The van der Waals surface area contributed by atoms with Crippen molar-refractivity contribution in [1.29, 1.82) is 0 Å². The second-order valence-electron chi connectivity index (χ2n) is 5.28. The Morgan fingerprint density at radius 1 is 1.00 bits per heavy atom. The van der Waals surface area contributed by atoms with E-state index in [-0.39, 0.29) is 12.5 Å². The number of halogens is 1. The molecular formula is C18H21ClN2O2. The molecule has 122 valence electrons. The number of carbonyl (C=O) groups excluding carboxylic acids is 1. The third-order valence-electron chi connectivity index (χ3n) is 3.51. The van der Waals surface area contributed by atoms with Gasteiger partial charge in [0.1, 0.15) is 0 Å². The molecule has 0 saturated heterocycles. The van der Waals surface area contributed by atoms with Crippen molar-refractivity contribution in [2.75, 3.05) is 6.61 Å². The number of aliphatic hydroxyl groups is 1. The number of aliphatic hydroxyl groups excluding tert-OH is 1. The van der Waals surface area contributed by atoms with Crippen molar-refractivity contribution in [2.45, 2.75) is 25.6 Å². The van der Waals surface area contributed by atoms with Gasteiger partial charge in [-0.1, -0.05) is 54.1 Å². The smallest absolute Gasteiger partial charge is 0.237 e. The minimum absolute atomic E-state index is 0.0446. The fraction of sp³-hybridized carbons (Fsp3) is 0.278. The summed E-state index contributed by atoms with van der Waals surface area (Å²) in [4.78, 5) is 12.3. The predicted octanol–water partition coefficient (Wildman–Crippen LogP) is 2.50. The standard InChI is InChI=1S/C18H21ClN2O2/c19-16-8-6-15(7-9-16)12-20-17(10-11-22)18(23)21-13-14-4-2-1-3-5-14/h1-9,17,20,22H,10-13H2,(H,21,23). The zero-order valence-corrected chi connectivity index (χ0v) is 13.6. The molecule has 0 fully saturated rings. The van der Waals surface area contributed by atoms with E-state index >= 15 is 0 Å². The zero-order chi connectivity index (χ0) is 16.5. The van der Waals surface area contributed by atoms with E-state index < -0.39 is 6.04 Å². The molecule has 2 aromatic rings. The number of hydrogen-bond acceptors (Lipinski definition) is 3. The number of rotatable bonds is 8. The molecule has 0 aromatic heterocycles. The molecule has 0 radical (unpaired) electrons. The Labute approximate surface area is 141 Å². The van der Waals surface area contributed by atoms with E-state index in [1.54, 1.807) is 0 Å². The van der Waals surface area contributed by atoms with Crippen LogP contribution in [-0.4, -0.2) is 23.7 Å². The summed E-state index contributed by atoms with van der Waals surface area (Å²) in [7, 11) is 0. The first-order valence-electron chi connectivity index (χ1n) is 7.59. The highest BCUT2D eigenvalue weighted by Gasteiger charge is 2.16. The molecule has 1 atom stereocenters. The third-order valence-corrected chi connectivity index (χ3v) is 3.76. The molecule has 0 aliphatic heterocycles. The monoisotopic (exact) mass is 332 g/mol. The van der Waals surface area contributed by atoms with Crippen LogP contribution in [0, 0.1) is 0 Å². The van der Waals surface area contributed by atoms with Gasteiger partial charge in [0.25, 0.3) is 0 Å². The Bertz CT molecular complexity index is 602. The average Bonchev–Trinajstić information content (AvgIpc) is 2.59. The van der Waals surface area contributed by atoms with E-state index in [0.29, 0.717) is 24.5 Å². The summed E-state index contributed by atoms with van der Waals surface area (Å²) in [5, 5.41) is 15.9. The second-order valence-corrected chi connectivity index (χ2v) is 5.71. The fourth-order valence-corrected chi connectivity index (χ4v) is 2.33. The minimum Gasteiger partial charge on any atom is -0.396 e. The maximum Gasteiger partial charge on any atom is 0.237 e. The van der Waals surface area contributed by atoms with Crippen LogP contribution in [0.25, 0.3) is 0 Å². The van der Waals surface area contributed by atoms with Gasteiger partial charge in [-0.3, -0.25) is 4.79 Å². The molecule has 0 spiro atoms. The molecule has 5 heteroatoms. The van der Waals surface area contributed by atoms with Crippen molar-refractivity contribution >= 4 is 17.5 Å². The highest BCUT2D eigenvalue weighted by molar-refractivity contribution is 6.30. The summed E-state index contributed by atoms with van der Waals surface area (Å²) in [6.45, 7) is 0.974. The van der Waals surface area contributed by atoms with Crippen LogP contribution >= 0.6 is 11.6 Å². The Kier molecular flexibility index (Phi) is 7.07. The van der Waals surface area contributed by atoms with Crippen LogP contribution in [0.2, 0.25) is 5.02 Å². The topological polar surface area (TPSA) is 61.4 Å². The van der Waals surface area contributed by atoms with Gasteiger partial charge >= 0.3 is 0 Å². The van der Waals surface area contributed by atoms with Gasteiger partial charge in [0, 0.05) is 24.7 Å². The van der Waals surface area contributed by atoms with Crippen molar-refractivity contribution in [3.63, 3.8) is 0 Å². The molecule has 4 nitrogen and oxygen atoms in total. The van der Waals surface area contributed by atoms with Gasteiger partial charge in [-0.2, -0.15) is 0 Å². The first kappa shape index (κ1) is 17.5. The van der Waals surface area contributed by atoms with Crippen LogP contribution in [0.1, 0.15) is 17.5 Å². The molecule has 3 N–H and O–H groups in total. The fourth-order valence-electron chi connectivity index (χ4n) is 2.21. The molecular weight excluding hydrogens is 312 g/mol. The predicted molar refractivity (Wildman–Crippen MR) is 92.1 cm³/mol. The number of benzene rings is 2. The molecule has 0 aliphatic carbocycles. The number of nitrogens with one attached hydrogen (secondary N) is 2. The summed E-state index contributed by atoms with van der Waals surface area (Å²) >= 11 is 5.86. The van der Waals surface area contributed by atoms with Crippen molar-refractivity contribution in [2.24, 2.45) is 0 Å². The molecule has 0 heterocycles. The lowest BCUT2D eigenvalue weighted by Gasteiger charge is -2.18. The van der Waals surface area contributed by atoms with Crippen LogP contribution in [0.4, 0.5) is 0 Å². The van der Waals surface area contributed by atoms with Gasteiger partial charge in [0.15, 0.2) is 0 Å². The van der Waals surface area contributed by atoms with Gasteiger partial charge in [-0.25, -0.2) is 0 Å². The lowest BCUT2D eigenvalue weighted by molar-refractivity contribution is -0.123. The molecule has 0 aliphatic rings. The second kappa shape index (κ2) is 9.30. The molecule has 23 heavy (non-hydrogen) atoms. The zero-order valence-electron chi connectivity index (χ0n) is 12.8. The Morgan fingerprint density at radius 3 is 2.30 bits per heavy atom. The van der Waals surface area contributed by atoms with Crippen LogP contribution in [0.5, 0.6) is 0 Å². The minimum atomic E-state index is -0.431. The molecule has 2 rings (SSSR count). The van der Waals surface area contributed by atoms with Crippen LogP contribution in [-0.2, 0) is 17.9 Å².